The summed E-state index contributed by atoms with van der Waals surface area (Å²) in [6.07, 6.45) is 5.88. The number of anilines is 2. The van der Waals surface area contributed by atoms with Crippen LogP contribution in [0.4, 0.5) is 11.6 Å². The molecule has 1 aliphatic carbocycles. The Hall–Kier alpha value is -3.61. The highest BCUT2D eigenvalue weighted by Crippen LogP contribution is 2.38. The van der Waals surface area contributed by atoms with Gasteiger partial charge in [0.15, 0.2) is 11.6 Å². The summed E-state index contributed by atoms with van der Waals surface area (Å²) >= 11 is 0. The number of aromatic nitrogens is 4. The number of methoxy groups -OCH3 is 1. The number of nitrogens with zero attached hydrogens (tertiary/aromatic N) is 5. The Kier molecular flexibility index (Phi) is 6.57. The Bertz CT molecular complexity index is 1300. The van der Waals surface area contributed by atoms with Crippen molar-refractivity contribution in [2.75, 3.05) is 37.9 Å². The van der Waals surface area contributed by atoms with Gasteiger partial charge in [-0.3, -0.25) is 9.69 Å². The first-order chi connectivity index (χ1) is 17.0. The number of pyridine rings is 2. The molecule has 3 aromatic rings. The van der Waals surface area contributed by atoms with Gasteiger partial charge in [0.25, 0.3) is 0 Å². The van der Waals surface area contributed by atoms with E-state index in [-0.39, 0.29) is 11.8 Å². The molecule has 35 heavy (non-hydrogen) atoms. The van der Waals surface area contributed by atoms with Gasteiger partial charge in [-0.1, -0.05) is 18.9 Å². The third kappa shape index (κ3) is 5.24. The smallest absolute Gasteiger partial charge is 0.228 e. The number of amides is 1. The molecule has 2 N–H and O–H groups in total. The fourth-order valence-electron chi connectivity index (χ4n) is 4.40. The van der Waals surface area contributed by atoms with Gasteiger partial charge in [0.1, 0.15) is 11.2 Å². The van der Waals surface area contributed by atoms with Crippen LogP contribution in [-0.4, -0.2) is 64.3 Å². The highest BCUT2D eigenvalue weighted by Gasteiger charge is 2.39. The van der Waals surface area contributed by atoms with Gasteiger partial charge in [-0.2, -0.15) is 0 Å². The fraction of sp³-hybridized carbons (Fsp3) is 0.423. The van der Waals surface area contributed by atoms with Crippen molar-refractivity contribution in [3.05, 3.63) is 47.4 Å². The standard InChI is InChI=1S/C26H29N7O2/c1-16-10-21(16)26(34)30-23-11-22-18(13-29-25(27-2)24(22)32-31-23)5-7-19-6-4-17(12-28-19)14-33-9-8-20(15-33)35-3/h4,6,11-13,16,20-21H,8-10,14-15H2,1-3H3,(H,27,29)(H,30,31,34)/t16-,20+,21+/m1/s1. The van der Waals surface area contributed by atoms with Crippen molar-refractivity contribution in [2.45, 2.75) is 32.4 Å². The van der Waals surface area contributed by atoms with E-state index < -0.39 is 0 Å². The van der Waals surface area contributed by atoms with Gasteiger partial charge in [0.05, 0.1) is 11.7 Å². The number of likely N-dealkylation sites (tertiary alicyclic amines) is 1. The van der Waals surface area contributed by atoms with Crippen molar-refractivity contribution >= 4 is 28.4 Å². The zero-order chi connectivity index (χ0) is 24.4. The average Bonchev–Trinajstić information content (AvgIpc) is 3.44. The van der Waals surface area contributed by atoms with Gasteiger partial charge in [0, 0.05) is 57.5 Å². The molecule has 3 atom stereocenters. The van der Waals surface area contributed by atoms with Crippen molar-refractivity contribution in [1.82, 2.24) is 25.1 Å². The number of hydrogen-bond acceptors (Lipinski definition) is 8. The molecule has 1 aliphatic heterocycles. The number of fused-ring (bicyclic) bond motifs is 1. The number of rotatable bonds is 6. The molecule has 1 saturated heterocycles. The van der Waals surface area contributed by atoms with Crippen molar-refractivity contribution in [3.63, 3.8) is 0 Å². The number of nitrogens with one attached hydrogen (secondary N) is 2. The van der Waals surface area contributed by atoms with Crippen LogP contribution in [0.5, 0.6) is 0 Å². The van der Waals surface area contributed by atoms with E-state index in [4.69, 9.17) is 4.74 Å². The number of hydrogen-bond donors (Lipinski definition) is 2. The molecule has 0 spiro atoms. The van der Waals surface area contributed by atoms with Crippen LogP contribution in [-0.2, 0) is 16.1 Å². The van der Waals surface area contributed by atoms with Gasteiger partial charge in [-0.15, -0.1) is 10.2 Å². The zero-order valence-corrected chi connectivity index (χ0v) is 20.2. The lowest BCUT2D eigenvalue weighted by atomic mass is 10.1. The summed E-state index contributed by atoms with van der Waals surface area (Å²) < 4.78 is 5.45. The summed E-state index contributed by atoms with van der Waals surface area (Å²) in [6, 6.07) is 5.81. The molecule has 9 heteroatoms. The van der Waals surface area contributed by atoms with Crippen molar-refractivity contribution in [2.24, 2.45) is 11.8 Å². The summed E-state index contributed by atoms with van der Waals surface area (Å²) in [5.74, 6) is 7.78. The van der Waals surface area contributed by atoms with E-state index in [9.17, 15) is 4.79 Å². The Labute approximate surface area is 204 Å². The lowest BCUT2D eigenvalue weighted by Crippen LogP contribution is -2.22. The van der Waals surface area contributed by atoms with E-state index in [2.05, 4.69) is 60.5 Å². The van der Waals surface area contributed by atoms with Crippen molar-refractivity contribution in [3.8, 4) is 11.8 Å². The third-order valence-corrected chi connectivity index (χ3v) is 6.68. The predicted octanol–water partition coefficient (Wildman–Crippen LogP) is 2.68. The summed E-state index contributed by atoms with van der Waals surface area (Å²) in [5, 5.41) is 15.2. The van der Waals surface area contributed by atoms with E-state index in [0.29, 0.717) is 40.4 Å². The molecule has 180 valence electrons. The van der Waals surface area contributed by atoms with E-state index in [1.165, 1.54) is 0 Å². The van der Waals surface area contributed by atoms with Crippen molar-refractivity contribution in [1.29, 1.82) is 0 Å². The molecule has 9 nitrogen and oxygen atoms in total. The number of ether oxygens (including phenoxy) is 1. The molecular weight excluding hydrogens is 442 g/mol. The SMILES string of the molecule is CNc1ncc(C#Cc2ccc(CN3CC[C@H](OC)C3)cn2)c2cc(NC(=O)[C@H]3C[C@H]3C)nnc12. The summed E-state index contributed by atoms with van der Waals surface area (Å²) in [6.45, 7) is 4.91. The zero-order valence-electron chi connectivity index (χ0n) is 20.2. The fourth-order valence-corrected chi connectivity index (χ4v) is 4.40. The second-order valence-corrected chi connectivity index (χ2v) is 9.25. The average molecular weight is 472 g/mol. The van der Waals surface area contributed by atoms with Gasteiger partial charge in [-0.05, 0) is 42.4 Å². The van der Waals surface area contributed by atoms with Crippen LogP contribution < -0.4 is 10.6 Å². The minimum absolute atomic E-state index is 0.0161. The molecule has 2 aliphatic rings. The predicted molar refractivity (Wildman–Crippen MR) is 134 cm³/mol. The Balaban J connectivity index is 1.35. The molecule has 1 saturated carbocycles. The van der Waals surface area contributed by atoms with E-state index in [1.54, 1.807) is 26.4 Å². The normalized spacial score (nSPS) is 21.4. The van der Waals surface area contributed by atoms with Crippen LogP contribution in [0.25, 0.3) is 10.9 Å². The van der Waals surface area contributed by atoms with E-state index in [0.717, 1.165) is 43.4 Å². The van der Waals surface area contributed by atoms with E-state index >= 15 is 0 Å². The molecule has 0 radical (unpaired) electrons. The van der Waals surface area contributed by atoms with Gasteiger partial charge in [0.2, 0.25) is 5.91 Å². The number of carbonyl (C=O) groups is 1. The van der Waals surface area contributed by atoms with E-state index in [1.807, 2.05) is 12.3 Å². The largest absolute Gasteiger partial charge is 0.380 e. The Morgan fingerprint density at radius 3 is 2.77 bits per heavy atom. The highest BCUT2D eigenvalue weighted by atomic mass is 16.5. The maximum Gasteiger partial charge on any atom is 0.228 e. The molecule has 0 aromatic carbocycles. The topological polar surface area (TPSA) is 105 Å². The molecule has 3 aromatic heterocycles. The molecule has 4 heterocycles. The lowest BCUT2D eigenvalue weighted by molar-refractivity contribution is -0.117. The molecule has 5 rings (SSSR count). The minimum Gasteiger partial charge on any atom is -0.380 e. The second-order valence-electron chi connectivity index (χ2n) is 9.25. The van der Waals surface area contributed by atoms with Crippen molar-refractivity contribution < 1.29 is 9.53 Å². The van der Waals surface area contributed by atoms with Crippen LogP contribution in [0.1, 0.15) is 36.6 Å². The quantitative estimate of drug-likeness (QED) is 0.529. The lowest BCUT2D eigenvalue weighted by Gasteiger charge is -2.15. The summed E-state index contributed by atoms with van der Waals surface area (Å²) in [4.78, 5) is 23.7. The molecule has 1 amide bonds. The first-order valence-corrected chi connectivity index (χ1v) is 11.9. The molecule has 0 bridgehead atoms. The number of carbonyl (C=O) groups excluding carboxylic acids is 1. The van der Waals surface area contributed by atoms with Crippen LogP contribution in [0, 0.1) is 23.7 Å². The molecule has 0 unspecified atom stereocenters. The second kappa shape index (κ2) is 9.94. The first-order valence-electron chi connectivity index (χ1n) is 11.9. The minimum atomic E-state index is -0.0161. The summed E-state index contributed by atoms with van der Waals surface area (Å²) in [7, 11) is 3.55. The third-order valence-electron chi connectivity index (χ3n) is 6.68. The maximum absolute atomic E-state index is 12.4. The first kappa shape index (κ1) is 23.1. The maximum atomic E-state index is 12.4. The van der Waals surface area contributed by atoms with Crippen LogP contribution in [0.3, 0.4) is 0 Å². The van der Waals surface area contributed by atoms with Gasteiger partial charge >= 0.3 is 0 Å². The van der Waals surface area contributed by atoms with Crippen LogP contribution in [0.2, 0.25) is 0 Å². The Morgan fingerprint density at radius 1 is 1.23 bits per heavy atom. The summed E-state index contributed by atoms with van der Waals surface area (Å²) in [5.41, 5.74) is 3.12. The molecule has 2 fully saturated rings. The van der Waals surface area contributed by atoms with Gasteiger partial charge < -0.3 is 15.4 Å². The monoisotopic (exact) mass is 471 g/mol. The molecular formula is C26H29N7O2. The Morgan fingerprint density at radius 2 is 2.09 bits per heavy atom. The highest BCUT2D eigenvalue weighted by molar-refractivity contribution is 5.97. The van der Waals surface area contributed by atoms with Crippen LogP contribution in [0.15, 0.2) is 30.6 Å². The van der Waals surface area contributed by atoms with Gasteiger partial charge in [-0.25, -0.2) is 9.97 Å². The van der Waals surface area contributed by atoms with Crippen LogP contribution >= 0.6 is 0 Å².